The van der Waals surface area contributed by atoms with Gasteiger partial charge in [-0.15, -0.1) is 0 Å². The van der Waals surface area contributed by atoms with Crippen LogP contribution < -0.4 is 5.32 Å². The van der Waals surface area contributed by atoms with Crippen LogP contribution in [0.3, 0.4) is 0 Å². The SMILES string of the molecule is O=C(CC(Nc1ccc(Cl)c([N+](=O)[O-])c1)c1ccco1)c1ccc(F)cc1. The zero-order valence-electron chi connectivity index (χ0n) is 13.9. The van der Waals surface area contributed by atoms with E-state index in [-0.39, 0.29) is 22.9 Å². The van der Waals surface area contributed by atoms with Crippen molar-refractivity contribution in [3.05, 3.63) is 93.1 Å². The van der Waals surface area contributed by atoms with Crippen LogP contribution in [0.4, 0.5) is 15.8 Å². The largest absolute Gasteiger partial charge is 0.467 e. The monoisotopic (exact) mass is 388 g/mol. The van der Waals surface area contributed by atoms with Crippen molar-refractivity contribution in [1.29, 1.82) is 0 Å². The fourth-order valence-corrected chi connectivity index (χ4v) is 2.78. The number of rotatable bonds is 7. The summed E-state index contributed by atoms with van der Waals surface area (Å²) in [6, 6.07) is 12.3. The zero-order chi connectivity index (χ0) is 19.4. The summed E-state index contributed by atoms with van der Waals surface area (Å²) in [7, 11) is 0. The molecule has 27 heavy (non-hydrogen) atoms. The van der Waals surface area contributed by atoms with Crippen LogP contribution in [0.1, 0.15) is 28.6 Å². The Kier molecular flexibility index (Phi) is 5.52. The summed E-state index contributed by atoms with van der Waals surface area (Å²) in [4.78, 5) is 23.0. The molecule has 1 atom stereocenters. The van der Waals surface area contributed by atoms with Gasteiger partial charge in [-0.05, 0) is 48.5 Å². The smallest absolute Gasteiger partial charge is 0.289 e. The van der Waals surface area contributed by atoms with Gasteiger partial charge in [-0.25, -0.2) is 4.39 Å². The summed E-state index contributed by atoms with van der Waals surface area (Å²) in [5.41, 5.74) is 0.529. The summed E-state index contributed by atoms with van der Waals surface area (Å²) in [6.45, 7) is 0. The average molecular weight is 389 g/mol. The molecule has 1 heterocycles. The number of anilines is 1. The standard InChI is InChI=1S/C19H14ClFN2O4/c20-15-8-7-14(10-17(15)23(25)26)22-16(19-2-1-9-27-19)11-18(24)12-3-5-13(21)6-4-12/h1-10,16,22H,11H2. The van der Waals surface area contributed by atoms with Gasteiger partial charge in [-0.1, -0.05) is 11.6 Å². The number of nitro benzene ring substituents is 1. The molecular weight excluding hydrogens is 375 g/mol. The highest BCUT2D eigenvalue weighted by molar-refractivity contribution is 6.32. The van der Waals surface area contributed by atoms with Crippen LogP contribution in [0, 0.1) is 15.9 Å². The van der Waals surface area contributed by atoms with Crippen molar-refractivity contribution in [3.63, 3.8) is 0 Å². The van der Waals surface area contributed by atoms with Gasteiger partial charge < -0.3 is 9.73 Å². The molecule has 1 aromatic heterocycles. The molecule has 0 saturated carbocycles. The van der Waals surface area contributed by atoms with Crippen LogP contribution >= 0.6 is 11.6 Å². The van der Waals surface area contributed by atoms with E-state index in [2.05, 4.69) is 5.32 Å². The second kappa shape index (κ2) is 8.01. The molecule has 0 fully saturated rings. The normalized spacial score (nSPS) is 11.8. The highest BCUT2D eigenvalue weighted by atomic mass is 35.5. The Morgan fingerprint density at radius 1 is 1.22 bits per heavy atom. The van der Waals surface area contributed by atoms with E-state index < -0.39 is 16.8 Å². The van der Waals surface area contributed by atoms with E-state index in [4.69, 9.17) is 16.0 Å². The summed E-state index contributed by atoms with van der Waals surface area (Å²) < 4.78 is 18.4. The number of hydrogen-bond acceptors (Lipinski definition) is 5. The van der Waals surface area contributed by atoms with E-state index in [1.54, 1.807) is 18.2 Å². The minimum Gasteiger partial charge on any atom is -0.467 e. The van der Waals surface area contributed by atoms with Gasteiger partial charge >= 0.3 is 0 Å². The first-order valence-electron chi connectivity index (χ1n) is 7.96. The first-order valence-corrected chi connectivity index (χ1v) is 8.34. The topological polar surface area (TPSA) is 85.4 Å². The van der Waals surface area contributed by atoms with Gasteiger partial charge in [0.2, 0.25) is 0 Å². The molecule has 3 aromatic rings. The number of hydrogen-bond donors (Lipinski definition) is 1. The molecule has 6 nitrogen and oxygen atoms in total. The number of ketones is 1. The van der Waals surface area contributed by atoms with E-state index in [1.165, 1.54) is 42.7 Å². The number of nitro groups is 1. The van der Waals surface area contributed by atoms with Gasteiger partial charge in [0.15, 0.2) is 5.78 Å². The number of nitrogens with zero attached hydrogens (tertiary/aromatic N) is 1. The Morgan fingerprint density at radius 2 is 1.96 bits per heavy atom. The van der Waals surface area contributed by atoms with Crippen molar-refractivity contribution in [1.82, 2.24) is 0 Å². The highest BCUT2D eigenvalue weighted by Crippen LogP contribution is 2.31. The van der Waals surface area contributed by atoms with Crippen molar-refractivity contribution in [2.75, 3.05) is 5.32 Å². The van der Waals surface area contributed by atoms with Crippen LogP contribution in [0.2, 0.25) is 5.02 Å². The second-order valence-corrected chi connectivity index (χ2v) is 6.18. The third-order valence-corrected chi connectivity index (χ3v) is 4.25. The molecule has 8 heteroatoms. The average Bonchev–Trinajstić information content (AvgIpc) is 3.17. The van der Waals surface area contributed by atoms with Crippen LogP contribution in [-0.4, -0.2) is 10.7 Å². The lowest BCUT2D eigenvalue weighted by Gasteiger charge is -2.17. The third-order valence-electron chi connectivity index (χ3n) is 3.93. The number of benzene rings is 2. The molecule has 0 bridgehead atoms. The lowest BCUT2D eigenvalue weighted by atomic mass is 10.0. The predicted octanol–water partition coefficient (Wildman–Crippen LogP) is 5.41. The Morgan fingerprint density at radius 3 is 2.59 bits per heavy atom. The minimum atomic E-state index is -0.584. The lowest BCUT2D eigenvalue weighted by Crippen LogP contribution is -2.15. The lowest BCUT2D eigenvalue weighted by molar-refractivity contribution is -0.384. The van der Waals surface area contributed by atoms with Gasteiger partial charge in [0.05, 0.1) is 17.2 Å². The van der Waals surface area contributed by atoms with E-state index in [0.717, 1.165) is 0 Å². The van der Waals surface area contributed by atoms with Crippen molar-refractivity contribution >= 4 is 28.8 Å². The van der Waals surface area contributed by atoms with Gasteiger partial charge in [0.25, 0.3) is 5.69 Å². The third kappa shape index (κ3) is 4.51. The molecule has 0 aliphatic carbocycles. The Balaban J connectivity index is 1.84. The number of Topliss-reactive ketones (excluding diaryl/α,β-unsaturated/α-hetero) is 1. The van der Waals surface area contributed by atoms with E-state index in [1.807, 2.05) is 0 Å². The quantitative estimate of drug-likeness (QED) is 0.332. The van der Waals surface area contributed by atoms with Gasteiger partial charge in [0, 0.05) is 23.7 Å². The number of furan rings is 1. The van der Waals surface area contributed by atoms with Crippen molar-refractivity contribution in [2.45, 2.75) is 12.5 Å². The van der Waals surface area contributed by atoms with Crippen molar-refractivity contribution < 1.29 is 18.5 Å². The maximum absolute atomic E-state index is 13.1. The minimum absolute atomic E-state index is 0.00949. The van der Waals surface area contributed by atoms with E-state index in [0.29, 0.717) is 17.0 Å². The molecule has 0 radical (unpaired) electrons. The number of carbonyl (C=O) groups is 1. The Labute approximate surface area is 158 Å². The van der Waals surface area contributed by atoms with Crippen LogP contribution in [-0.2, 0) is 0 Å². The number of nitrogens with one attached hydrogen (secondary N) is 1. The molecule has 0 saturated heterocycles. The number of halogens is 2. The molecule has 0 amide bonds. The summed E-state index contributed by atoms with van der Waals surface area (Å²) in [5.74, 6) is -0.170. The fourth-order valence-electron chi connectivity index (χ4n) is 2.59. The fraction of sp³-hybridized carbons (Fsp3) is 0.105. The molecular formula is C19H14ClFN2O4. The van der Waals surface area contributed by atoms with Crippen molar-refractivity contribution in [3.8, 4) is 0 Å². The molecule has 0 aliphatic rings. The molecule has 0 aliphatic heterocycles. The Bertz CT molecular complexity index is 958. The van der Waals surface area contributed by atoms with Gasteiger partial charge in [-0.3, -0.25) is 14.9 Å². The number of carbonyl (C=O) groups excluding carboxylic acids is 1. The zero-order valence-corrected chi connectivity index (χ0v) is 14.7. The second-order valence-electron chi connectivity index (χ2n) is 5.77. The maximum atomic E-state index is 13.1. The maximum Gasteiger partial charge on any atom is 0.289 e. The Hall–Kier alpha value is -3.19. The van der Waals surface area contributed by atoms with Gasteiger partial charge in [-0.2, -0.15) is 0 Å². The molecule has 0 spiro atoms. The van der Waals surface area contributed by atoms with Crippen molar-refractivity contribution in [2.24, 2.45) is 0 Å². The van der Waals surface area contributed by atoms with Crippen LogP contribution in [0.25, 0.3) is 0 Å². The van der Waals surface area contributed by atoms with Crippen LogP contribution in [0.5, 0.6) is 0 Å². The summed E-state index contributed by atoms with van der Waals surface area (Å²) in [6.07, 6.45) is 1.48. The van der Waals surface area contributed by atoms with E-state index in [9.17, 15) is 19.3 Å². The molecule has 138 valence electrons. The molecule has 2 aromatic carbocycles. The molecule has 1 unspecified atom stereocenters. The first kappa shape index (κ1) is 18.6. The first-order chi connectivity index (χ1) is 12.9. The summed E-state index contributed by atoms with van der Waals surface area (Å²) in [5, 5.41) is 14.1. The molecule has 1 N–H and O–H groups in total. The molecule has 3 rings (SSSR count). The predicted molar refractivity (Wildman–Crippen MR) is 98.5 cm³/mol. The highest BCUT2D eigenvalue weighted by Gasteiger charge is 2.21. The van der Waals surface area contributed by atoms with E-state index >= 15 is 0 Å². The summed E-state index contributed by atoms with van der Waals surface area (Å²) >= 11 is 5.83. The van der Waals surface area contributed by atoms with Gasteiger partial charge in [0.1, 0.15) is 16.6 Å². The van der Waals surface area contributed by atoms with Crippen LogP contribution in [0.15, 0.2) is 65.3 Å².